The van der Waals surface area contributed by atoms with E-state index in [2.05, 4.69) is 0 Å². The lowest BCUT2D eigenvalue weighted by atomic mass is 10.1. The quantitative estimate of drug-likeness (QED) is 0.865. The SMILES string of the molecule is NCc1cc(S(=O)(=O)N2CC=C(C(F)(F)F)CC2)cs1. The fourth-order valence-corrected chi connectivity index (χ4v) is 4.40. The van der Waals surface area contributed by atoms with Crippen molar-refractivity contribution in [1.82, 2.24) is 4.31 Å². The van der Waals surface area contributed by atoms with Crippen LogP contribution in [0.2, 0.25) is 0 Å². The summed E-state index contributed by atoms with van der Waals surface area (Å²) in [5.41, 5.74) is 4.75. The molecule has 0 aliphatic carbocycles. The molecular weight excluding hydrogens is 313 g/mol. The van der Waals surface area contributed by atoms with Gasteiger partial charge in [-0.05, 0) is 12.5 Å². The molecule has 4 nitrogen and oxygen atoms in total. The van der Waals surface area contributed by atoms with E-state index >= 15 is 0 Å². The Balaban J connectivity index is 2.19. The van der Waals surface area contributed by atoms with Gasteiger partial charge in [-0.1, -0.05) is 6.08 Å². The van der Waals surface area contributed by atoms with Crippen LogP contribution in [0.3, 0.4) is 0 Å². The van der Waals surface area contributed by atoms with Crippen molar-refractivity contribution in [2.24, 2.45) is 5.73 Å². The summed E-state index contributed by atoms with van der Waals surface area (Å²) in [5.74, 6) is 0. The van der Waals surface area contributed by atoms with Crippen molar-refractivity contribution in [2.75, 3.05) is 13.1 Å². The number of hydrogen-bond acceptors (Lipinski definition) is 4. The van der Waals surface area contributed by atoms with Gasteiger partial charge < -0.3 is 5.73 Å². The second kappa shape index (κ2) is 5.47. The number of nitrogens with zero attached hydrogens (tertiary/aromatic N) is 1. The van der Waals surface area contributed by atoms with E-state index in [1.54, 1.807) is 0 Å². The van der Waals surface area contributed by atoms with Crippen LogP contribution in [0.15, 0.2) is 28.0 Å². The first-order valence-electron chi connectivity index (χ1n) is 5.79. The van der Waals surface area contributed by atoms with Gasteiger partial charge in [0.1, 0.15) is 0 Å². The van der Waals surface area contributed by atoms with Gasteiger partial charge in [-0.3, -0.25) is 0 Å². The van der Waals surface area contributed by atoms with Crippen LogP contribution < -0.4 is 5.73 Å². The maximum Gasteiger partial charge on any atom is 0.412 e. The fourth-order valence-electron chi connectivity index (χ4n) is 1.88. The molecule has 0 bridgehead atoms. The number of thiophene rings is 1. The predicted molar refractivity (Wildman–Crippen MR) is 69.7 cm³/mol. The molecule has 1 aromatic heterocycles. The monoisotopic (exact) mass is 326 g/mol. The zero-order valence-electron chi connectivity index (χ0n) is 10.4. The Hall–Kier alpha value is -0.900. The van der Waals surface area contributed by atoms with Gasteiger partial charge in [0.2, 0.25) is 10.0 Å². The molecule has 112 valence electrons. The first-order chi connectivity index (χ1) is 9.25. The molecule has 2 rings (SSSR count). The molecule has 0 saturated heterocycles. The molecule has 0 unspecified atom stereocenters. The maximum absolute atomic E-state index is 12.5. The number of nitrogens with two attached hydrogens (primary N) is 1. The topological polar surface area (TPSA) is 63.4 Å². The molecule has 0 radical (unpaired) electrons. The summed E-state index contributed by atoms with van der Waals surface area (Å²) in [4.78, 5) is 0.805. The smallest absolute Gasteiger partial charge is 0.326 e. The molecule has 2 heterocycles. The number of halogens is 3. The third kappa shape index (κ3) is 3.05. The van der Waals surface area contributed by atoms with Gasteiger partial charge in [0.15, 0.2) is 0 Å². The standard InChI is InChI=1S/C11H13F3N2O2S2/c12-11(13,14)8-1-3-16(4-2-8)20(17,18)10-5-9(6-15)19-7-10/h1,5,7H,2-4,6,15H2. The molecule has 20 heavy (non-hydrogen) atoms. The van der Waals surface area contributed by atoms with E-state index < -0.39 is 21.8 Å². The number of rotatable bonds is 3. The summed E-state index contributed by atoms with van der Waals surface area (Å²) in [5, 5.41) is 1.46. The first-order valence-corrected chi connectivity index (χ1v) is 8.11. The number of alkyl halides is 3. The normalized spacial score (nSPS) is 18.1. The van der Waals surface area contributed by atoms with Crippen LogP contribution in [0.1, 0.15) is 11.3 Å². The molecule has 1 aromatic rings. The summed E-state index contributed by atoms with van der Waals surface area (Å²) < 4.78 is 63.0. The summed E-state index contributed by atoms with van der Waals surface area (Å²) in [7, 11) is -3.74. The Morgan fingerprint density at radius 2 is 2.10 bits per heavy atom. The predicted octanol–water partition coefficient (Wildman–Crippen LogP) is 2.09. The summed E-state index contributed by atoms with van der Waals surface area (Å²) in [6, 6.07) is 1.46. The Kier molecular flexibility index (Phi) is 4.24. The van der Waals surface area contributed by atoms with E-state index in [-0.39, 0.29) is 31.0 Å². The molecule has 0 amide bonds. The van der Waals surface area contributed by atoms with Crippen molar-refractivity contribution in [3.05, 3.63) is 28.0 Å². The molecule has 0 atom stereocenters. The van der Waals surface area contributed by atoms with E-state index in [9.17, 15) is 21.6 Å². The molecule has 0 saturated carbocycles. The van der Waals surface area contributed by atoms with Crippen molar-refractivity contribution in [2.45, 2.75) is 24.0 Å². The maximum atomic E-state index is 12.5. The Bertz CT molecular complexity index is 620. The van der Waals surface area contributed by atoms with Gasteiger partial charge in [0.25, 0.3) is 0 Å². The molecule has 0 aromatic carbocycles. The first kappa shape index (κ1) is 15.5. The van der Waals surface area contributed by atoms with Gasteiger partial charge >= 0.3 is 6.18 Å². The third-order valence-electron chi connectivity index (χ3n) is 3.00. The van der Waals surface area contributed by atoms with Gasteiger partial charge in [-0.2, -0.15) is 17.5 Å². The molecule has 1 aliphatic rings. The summed E-state index contributed by atoms with van der Waals surface area (Å²) in [6.07, 6.45) is -3.78. The van der Waals surface area contributed by atoms with E-state index in [4.69, 9.17) is 5.73 Å². The van der Waals surface area contributed by atoms with Crippen LogP contribution in [0.25, 0.3) is 0 Å². The average Bonchev–Trinajstić information content (AvgIpc) is 2.87. The molecule has 2 N–H and O–H groups in total. The fraction of sp³-hybridized carbons (Fsp3) is 0.455. The third-order valence-corrected chi connectivity index (χ3v) is 5.96. The van der Waals surface area contributed by atoms with Crippen LogP contribution in [0, 0.1) is 0 Å². The lowest BCUT2D eigenvalue weighted by Gasteiger charge is -2.26. The minimum absolute atomic E-state index is 0.0896. The highest BCUT2D eigenvalue weighted by molar-refractivity contribution is 7.89. The molecular formula is C11H13F3N2O2S2. The minimum atomic E-state index is -4.38. The summed E-state index contributed by atoms with van der Waals surface area (Å²) >= 11 is 1.22. The van der Waals surface area contributed by atoms with Crippen molar-refractivity contribution in [3.8, 4) is 0 Å². The van der Waals surface area contributed by atoms with Crippen LogP contribution in [0.4, 0.5) is 13.2 Å². The van der Waals surface area contributed by atoms with Crippen LogP contribution in [-0.2, 0) is 16.6 Å². The van der Waals surface area contributed by atoms with E-state index in [0.29, 0.717) is 4.88 Å². The lowest BCUT2D eigenvalue weighted by molar-refractivity contribution is -0.0953. The van der Waals surface area contributed by atoms with Crippen molar-refractivity contribution >= 4 is 21.4 Å². The number of sulfonamides is 1. The van der Waals surface area contributed by atoms with Gasteiger partial charge in [-0.25, -0.2) is 8.42 Å². The van der Waals surface area contributed by atoms with Crippen LogP contribution in [-0.4, -0.2) is 32.0 Å². The Morgan fingerprint density at radius 1 is 1.40 bits per heavy atom. The van der Waals surface area contributed by atoms with Crippen molar-refractivity contribution in [1.29, 1.82) is 0 Å². The zero-order chi connectivity index (χ0) is 15.0. The highest BCUT2D eigenvalue weighted by Crippen LogP contribution is 2.32. The minimum Gasteiger partial charge on any atom is -0.326 e. The highest BCUT2D eigenvalue weighted by Gasteiger charge is 2.37. The molecule has 0 fully saturated rings. The highest BCUT2D eigenvalue weighted by atomic mass is 32.2. The van der Waals surface area contributed by atoms with Gasteiger partial charge in [-0.15, -0.1) is 11.3 Å². The van der Waals surface area contributed by atoms with Crippen LogP contribution >= 0.6 is 11.3 Å². The van der Waals surface area contributed by atoms with Gasteiger partial charge in [0.05, 0.1) is 4.90 Å². The van der Waals surface area contributed by atoms with Crippen molar-refractivity contribution in [3.63, 3.8) is 0 Å². The lowest BCUT2D eigenvalue weighted by Crippen LogP contribution is -2.36. The zero-order valence-corrected chi connectivity index (χ0v) is 12.0. The molecule has 1 aliphatic heterocycles. The van der Waals surface area contributed by atoms with E-state index in [0.717, 1.165) is 10.4 Å². The molecule has 9 heteroatoms. The Labute approximate surface area is 118 Å². The van der Waals surface area contributed by atoms with E-state index in [1.807, 2.05) is 0 Å². The average molecular weight is 326 g/mol. The van der Waals surface area contributed by atoms with Gasteiger partial charge in [0, 0.05) is 35.5 Å². The second-order valence-corrected chi connectivity index (χ2v) is 7.23. The largest absolute Gasteiger partial charge is 0.412 e. The van der Waals surface area contributed by atoms with E-state index in [1.165, 1.54) is 22.8 Å². The number of hydrogen-bond donors (Lipinski definition) is 1. The Morgan fingerprint density at radius 3 is 2.55 bits per heavy atom. The summed E-state index contributed by atoms with van der Waals surface area (Å²) in [6.45, 7) is -0.190. The second-order valence-electron chi connectivity index (χ2n) is 4.29. The van der Waals surface area contributed by atoms with Crippen LogP contribution in [0.5, 0.6) is 0 Å². The molecule has 0 spiro atoms. The van der Waals surface area contributed by atoms with Crippen molar-refractivity contribution < 1.29 is 21.6 Å².